The van der Waals surface area contributed by atoms with Crippen molar-refractivity contribution < 1.29 is 14.3 Å². The smallest absolute Gasteiger partial charge is 0.260 e. The number of aryl methyl sites for hydroxylation is 1. The third-order valence-electron chi connectivity index (χ3n) is 12.4. The monoisotopic (exact) mass is 750 g/mol. The molecule has 6 rings (SSSR count). The summed E-state index contributed by atoms with van der Waals surface area (Å²) in [6.45, 7) is 14.2. The fraction of sp³-hybridized carbons (Fsp3) is 0.628. The van der Waals surface area contributed by atoms with Gasteiger partial charge in [0.1, 0.15) is 11.4 Å². The Hall–Kier alpha value is -2.36. The van der Waals surface area contributed by atoms with Gasteiger partial charge in [-0.15, -0.1) is 0 Å². The van der Waals surface area contributed by atoms with Crippen molar-refractivity contribution in [2.45, 2.75) is 95.3 Å². The number of hydrogen-bond donors (Lipinski definition) is 2. The molecule has 9 heteroatoms. The van der Waals surface area contributed by atoms with Crippen molar-refractivity contribution in [1.82, 2.24) is 14.9 Å². The van der Waals surface area contributed by atoms with Crippen molar-refractivity contribution in [3.63, 3.8) is 0 Å². The fourth-order valence-corrected chi connectivity index (χ4v) is 10.3. The Bertz CT molecular complexity index is 1560. The molecule has 286 valence electrons. The number of amides is 1. The average molecular weight is 752 g/mol. The van der Waals surface area contributed by atoms with Gasteiger partial charge in [-0.3, -0.25) is 9.69 Å². The lowest BCUT2D eigenvalue weighted by molar-refractivity contribution is -0.0915. The lowest BCUT2D eigenvalue weighted by Crippen LogP contribution is -2.57. The summed E-state index contributed by atoms with van der Waals surface area (Å²) in [5, 5.41) is 4.69. The molecule has 0 aromatic heterocycles. The summed E-state index contributed by atoms with van der Waals surface area (Å²) >= 11 is 6.53. The number of nitrogens with zero attached hydrogens (tertiary/aromatic N) is 2. The Labute approximate surface area is 321 Å². The Morgan fingerprint density at radius 1 is 1.06 bits per heavy atom. The topological polar surface area (TPSA) is 66.1 Å². The van der Waals surface area contributed by atoms with E-state index < -0.39 is 10.7 Å². The SMILES string of the molecule is C=S1NC(=O)c2ccc3c(c2)N(CC(c2ccc(Cl)cc2CCC)CO3)CC2CCC2C(CN2CCCCCCNCC2)(OC)/C=C/CC(C)C1C. The van der Waals surface area contributed by atoms with Crippen molar-refractivity contribution >= 4 is 39.7 Å². The maximum atomic E-state index is 13.7. The van der Waals surface area contributed by atoms with Crippen molar-refractivity contribution in [3.8, 4) is 5.75 Å². The molecule has 2 aromatic carbocycles. The highest BCUT2D eigenvalue weighted by Gasteiger charge is 2.48. The van der Waals surface area contributed by atoms with Crippen LogP contribution >= 0.6 is 22.3 Å². The van der Waals surface area contributed by atoms with Gasteiger partial charge in [-0.1, -0.05) is 86.4 Å². The second-order valence-electron chi connectivity index (χ2n) is 15.9. The van der Waals surface area contributed by atoms with Crippen LogP contribution in [0.1, 0.15) is 99.5 Å². The summed E-state index contributed by atoms with van der Waals surface area (Å²) in [5.41, 5.74) is 3.89. The molecule has 2 bridgehead atoms. The van der Waals surface area contributed by atoms with E-state index in [1.807, 2.05) is 25.3 Å². The van der Waals surface area contributed by atoms with Crippen LogP contribution < -0.4 is 19.7 Å². The Kier molecular flexibility index (Phi) is 13.9. The second-order valence-corrected chi connectivity index (χ2v) is 18.2. The van der Waals surface area contributed by atoms with E-state index in [4.69, 9.17) is 21.1 Å². The van der Waals surface area contributed by atoms with E-state index in [0.717, 1.165) is 94.4 Å². The molecule has 2 fully saturated rings. The Balaban J connectivity index is 1.38. The molecule has 4 aliphatic rings. The van der Waals surface area contributed by atoms with Crippen LogP contribution in [0.5, 0.6) is 5.75 Å². The number of fused-ring (bicyclic) bond motifs is 2. The molecule has 1 saturated carbocycles. The molecule has 1 aliphatic carbocycles. The van der Waals surface area contributed by atoms with Crippen LogP contribution in [0, 0.1) is 17.8 Å². The predicted octanol–water partition coefficient (Wildman–Crippen LogP) is 8.48. The van der Waals surface area contributed by atoms with E-state index in [9.17, 15) is 4.79 Å². The number of rotatable bonds is 6. The number of ether oxygens (including phenoxy) is 2. The standard InChI is InChI=1S/C43H63ClN4O3S/c1-6-12-33-25-37(44)16-17-38(33)36-28-48-27-35-14-18-39(35)43(50-4,30-47-23-10-8-7-9-21-45-22-24-47)20-11-13-31(2)32(3)52(5)46-42(49)34-15-19-41(51-29-36)40(48)26-34/h11,15-17,19-20,25-26,31-32,35-36,39,45H,5-10,12-14,18,21-24,27-30H2,1-4H3,(H,46,49)/b20-11+. The van der Waals surface area contributed by atoms with Crippen molar-refractivity contribution in [2.75, 3.05) is 64.4 Å². The highest BCUT2D eigenvalue weighted by Crippen LogP contribution is 2.47. The summed E-state index contributed by atoms with van der Waals surface area (Å²) in [6, 6.07) is 12.4. The van der Waals surface area contributed by atoms with Crippen LogP contribution in [-0.4, -0.2) is 87.1 Å². The van der Waals surface area contributed by atoms with Crippen molar-refractivity contribution in [2.24, 2.45) is 17.8 Å². The molecule has 7 atom stereocenters. The lowest BCUT2D eigenvalue weighted by atomic mass is 9.63. The normalized spacial score (nSPS) is 31.6. The fourth-order valence-electron chi connectivity index (χ4n) is 8.89. The zero-order valence-corrected chi connectivity index (χ0v) is 33.7. The molecule has 7 unspecified atom stereocenters. The number of carbonyl (C=O) groups is 1. The Morgan fingerprint density at radius 2 is 1.90 bits per heavy atom. The molecular formula is C43H63ClN4O3S. The first-order valence-corrected chi connectivity index (χ1v) is 21.8. The van der Waals surface area contributed by atoms with Gasteiger partial charge in [-0.05, 0) is 111 Å². The number of halogens is 1. The van der Waals surface area contributed by atoms with Crippen LogP contribution in [0.15, 0.2) is 48.6 Å². The van der Waals surface area contributed by atoms with Gasteiger partial charge in [0, 0.05) is 61.6 Å². The molecule has 2 aromatic rings. The van der Waals surface area contributed by atoms with Gasteiger partial charge in [0.25, 0.3) is 5.91 Å². The molecule has 3 aliphatic heterocycles. The highest BCUT2D eigenvalue weighted by atomic mass is 35.5. The van der Waals surface area contributed by atoms with Crippen LogP contribution in [0.3, 0.4) is 0 Å². The summed E-state index contributed by atoms with van der Waals surface area (Å²) in [4.78, 5) is 18.9. The molecule has 0 radical (unpaired) electrons. The van der Waals surface area contributed by atoms with E-state index >= 15 is 0 Å². The van der Waals surface area contributed by atoms with E-state index in [1.165, 1.54) is 36.8 Å². The highest BCUT2D eigenvalue weighted by molar-refractivity contribution is 8.13. The number of methoxy groups -OCH3 is 1. The van der Waals surface area contributed by atoms with Crippen molar-refractivity contribution in [3.05, 3.63) is 70.3 Å². The van der Waals surface area contributed by atoms with Gasteiger partial charge in [-0.2, -0.15) is 0 Å². The number of benzene rings is 2. The molecule has 52 heavy (non-hydrogen) atoms. The summed E-state index contributed by atoms with van der Waals surface area (Å²) in [7, 11) is 1.40. The minimum absolute atomic E-state index is 0.0688. The van der Waals surface area contributed by atoms with Gasteiger partial charge >= 0.3 is 0 Å². The minimum atomic E-state index is -0.540. The first-order valence-electron chi connectivity index (χ1n) is 20.0. The maximum absolute atomic E-state index is 13.7. The largest absolute Gasteiger partial charge is 0.491 e. The van der Waals surface area contributed by atoms with Crippen LogP contribution in [0.25, 0.3) is 0 Å². The first kappa shape index (κ1) is 39.3. The average Bonchev–Trinajstić information content (AvgIpc) is 3.31. The zero-order chi connectivity index (χ0) is 36.7. The molecule has 0 spiro atoms. The van der Waals surface area contributed by atoms with E-state index in [-0.39, 0.29) is 22.7 Å². The van der Waals surface area contributed by atoms with Gasteiger partial charge in [0.05, 0.1) is 12.3 Å². The van der Waals surface area contributed by atoms with Gasteiger partial charge < -0.3 is 24.4 Å². The maximum Gasteiger partial charge on any atom is 0.260 e. The van der Waals surface area contributed by atoms with Crippen LogP contribution in [0.4, 0.5) is 5.69 Å². The summed E-state index contributed by atoms with van der Waals surface area (Å²) in [5.74, 6) is 6.55. The van der Waals surface area contributed by atoms with E-state index in [2.05, 4.69) is 76.8 Å². The molecule has 1 amide bonds. The molecule has 3 heterocycles. The zero-order valence-electron chi connectivity index (χ0n) is 32.1. The number of carbonyl (C=O) groups excluding carboxylic acids is 1. The number of allylic oxidation sites excluding steroid dienone is 1. The van der Waals surface area contributed by atoms with E-state index in [1.54, 1.807) is 0 Å². The lowest BCUT2D eigenvalue weighted by Gasteiger charge is -2.51. The second kappa shape index (κ2) is 18.3. The summed E-state index contributed by atoms with van der Waals surface area (Å²) < 4.78 is 16.7. The van der Waals surface area contributed by atoms with E-state index in [0.29, 0.717) is 29.9 Å². The number of nitrogens with one attached hydrogen (secondary N) is 2. The number of anilines is 1. The summed E-state index contributed by atoms with van der Waals surface area (Å²) in [6.07, 6.45) is 15.2. The Morgan fingerprint density at radius 3 is 2.69 bits per heavy atom. The third kappa shape index (κ3) is 9.29. The molecule has 2 N–H and O–H groups in total. The molecular weight excluding hydrogens is 688 g/mol. The third-order valence-corrected chi connectivity index (χ3v) is 14.5. The van der Waals surface area contributed by atoms with Crippen LogP contribution in [0.2, 0.25) is 5.02 Å². The quantitative estimate of drug-likeness (QED) is 0.228. The van der Waals surface area contributed by atoms with Gasteiger partial charge in [-0.25, -0.2) is 0 Å². The van der Waals surface area contributed by atoms with Gasteiger partial charge in [0.2, 0.25) is 0 Å². The van der Waals surface area contributed by atoms with Crippen molar-refractivity contribution in [1.29, 1.82) is 0 Å². The molecule has 1 saturated heterocycles. The van der Waals surface area contributed by atoms with Gasteiger partial charge in [0.15, 0.2) is 0 Å². The van der Waals surface area contributed by atoms with Crippen LogP contribution in [-0.2, 0) is 11.2 Å². The minimum Gasteiger partial charge on any atom is -0.491 e. The first-order chi connectivity index (χ1) is 25.2. The number of hydrogen-bond acceptors (Lipinski definition) is 6. The molecule has 7 nitrogen and oxygen atoms in total. The predicted molar refractivity (Wildman–Crippen MR) is 221 cm³/mol.